The molecule has 8 heteroatoms. The van der Waals surface area contributed by atoms with Crippen molar-refractivity contribution in [2.24, 2.45) is 5.73 Å². The van der Waals surface area contributed by atoms with Gasteiger partial charge in [-0.25, -0.2) is 4.79 Å². The van der Waals surface area contributed by atoms with Crippen molar-refractivity contribution in [2.75, 3.05) is 14.1 Å². The lowest BCUT2D eigenvalue weighted by atomic mass is 9.84. The van der Waals surface area contributed by atoms with E-state index in [1.165, 1.54) is 49.4 Å². The number of pyridine rings is 1. The van der Waals surface area contributed by atoms with Crippen LogP contribution in [0.1, 0.15) is 73.6 Å². The molecule has 2 aliphatic rings. The molecule has 1 atom stereocenters. The summed E-state index contributed by atoms with van der Waals surface area (Å²) in [6, 6.07) is 12.1. The molecule has 3 N–H and O–H groups in total. The number of nitrogens with two attached hydrogens (primary N) is 1. The molecule has 1 aromatic heterocycles. The van der Waals surface area contributed by atoms with Gasteiger partial charge in [0.1, 0.15) is 6.04 Å². The molecule has 2 aliphatic carbocycles. The summed E-state index contributed by atoms with van der Waals surface area (Å²) in [4.78, 5) is 40.8. The van der Waals surface area contributed by atoms with E-state index >= 15 is 0 Å². The minimum atomic E-state index is -0.800. The highest BCUT2D eigenvalue weighted by atomic mass is 16.2. The van der Waals surface area contributed by atoms with E-state index in [2.05, 4.69) is 34.6 Å². The highest BCUT2D eigenvalue weighted by Gasteiger charge is 2.33. The molecule has 0 saturated heterocycles. The Hall–Kier alpha value is -3.42. The molecule has 0 aliphatic heterocycles. The molecule has 1 unspecified atom stereocenters. The zero-order valence-electron chi connectivity index (χ0n) is 20.7. The lowest BCUT2D eigenvalue weighted by molar-refractivity contribution is -0.122. The minimum absolute atomic E-state index is 0.138. The Bertz CT molecular complexity index is 955. The van der Waals surface area contributed by atoms with Gasteiger partial charge in [0.25, 0.3) is 0 Å². The van der Waals surface area contributed by atoms with Crippen LogP contribution in [0.25, 0.3) is 0 Å². The van der Waals surface area contributed by atoms with Crippen LogP contribution in [0.15, 0.2) is 48.8 Å². The maximum atomic E-state index is 12.3. The summed E-state index contributed by atoms with van der Waals surface area (Å²) in [6.07, 6.45) is 12.6. The Balaban J connectivity index is 0.000000225. The number of aromatic nitrogens is 1. The van der Waals surface area contributed by atoms with E-state index in [4.69, 9.17) is 5.73 Å². The predicted octanol–water partition coefficient (Wildman–Crippen LogP) is 3.73. The Labute approximate surface area is 207 Å². The van der Waals surface area contributed by atoms with Crippen LogP contribution < -0.4 is 11.1 Å². The highest BCUT2D eigenvalue weighted by Crippen LogP contribution is 2.33. The molecule has 1 heterocycles. The van der Waals surface area contributed by atoms with Crippen molar-refractivity contribution in [1.29, 1.82) is 0 Å². The zero-order valence-corrected chi connectivity index (χ0v) is 20.7. The maximum absolute atomic E-state index is 12.3. The topological polar surface area (TPSA) is 109 Å². The van der Waals surface area contributed by atoms with Crippen molar-refractivity contribution in [2.45, 2.75) is 69.5 Å². The average molecular weight is 480 g/mol. The molecule has 4 amide bonds. The first-order chi connectivity index (χ1) is 16.9. The fourth-order valence-corrected chi connectivity index (χ4v) is 4.48. The van der Waals surface area contributed by atoms with Crippen LogP contribution in [0.3, 0.4) is 0 Å². The third-order valence-corrected chi connectivity index (χ3v) is 6.56. The van der Waals surface area contributed by atoms with E-state index in [-0.39, 0.29) is 6.03 Å². The fraction of sp³-hybridized carbons (Fsp3) is 0.481. The van der Waals surface area contributed by atoms with Crippen LogP contribution in [0.2, 0.25) is 0 Å². The molecule has 8 nitrogen and oxygen atoms in total. The van der Waals surface area contributed by atoms with Gasteiger partial charge in [-0.1, -0.05) is 49.6 Å². The van der Waals surface area contributed by atoms with Crippen molar-refractivity contribution >= 4 is 18.3 Å². The van der Waals surface area contributed by atoms with Gasteiger partial charge in [0.05, 0.1) is 0 Å². The summed E-state index contributed by atoms with van der Waals surface area (Å²) in [5, 5.41) is 2.30. The number of hydrogen-bond acceptors (Lipinski definition) is 4. The number of nitrogens with zero attached hydrogens (tertiary/aromatic N) is 3. The quantitative estimate of drug-likeness (QED) is 0.562. The van der Waals surface area contributed by atoms with Crippen LogP contribution in [0.5, 0.6) is 0 Å². The van der Waals surface area contributed by atoms with E-state index < -0.39 is 11.9 Å². The number of hydrogen-bond donors (Lipinski definition) is 2. The highest BCUT2D eigenvalue weighted by molar-refractivity contribution is 5.83. The number of carbonyl (C=O) groups is 3. The molecule has 0 bridgehead atoms. The largest absolute Gasteiger partial charge is 0.368 e. The van der Waals surface area contributed by atoms with E-state index in [9.17, 15) is 14.4 Å². The van der Waals surface area contributed by atoms with Crippen molar-refractivity contribution in [3.8, 4) is 0 Å². The summed E-state index contributed by atoms with van der Waals surface area (Å²) in [5.74, 6) is 0.144. The summed E-state index contributed by atoms with van der Waals surface area (Å²) in [5.41, 5.74) is 8.38. The normalized spacial score (nSPS) is 16.3. The summed E-state index contributed by atoms with van der Waals surface area (Å²) in [7, 11) is 3.67. The van der Waals surface area contributed by atoms with Crippen LogP contribution >= 0.6 is 0 Å². The van der Waals surface area contributed by atoms with Gasteiger partial charge in [0, 0.05) is 44.6 Å². The van der Waals surface area contributed by atoms with Gasteiger partial charge in [-0.2, -0.15) is 0 Å². The van der Waals surface area contributed by atoms with E-state index in [1.807, 2.05) is 19.0 Å². The Morgan fingerprint density at radius 2 is 1.77 bits per heavy atom. The number of amides is 4. The standard InChI is InChI=1S/C19H28N2O.C8H9N3O2/c1-20(2)19(22)21(18-12-13-18)14-15-8-10-17(11-9-15)16-6-4-3-5-7-16;9-8(13)7(11-5-12)6-2-1-3-10-4-6/h8-11,16,18H,3-7,12-14H2,1-2H3;1-5,7H,(H2,9,13)(H,11,12). The monoisotopic (exact) mass is 479 g/mol. The average Bonchev–Trinajstić information content (AvgIpc) is 3.72. The molecule has 188 valence electrons. The molecule has 2 saturated carbocycles. The van der Waals surface area contributed by atoms with Crippen molar-refractivity contribution in [1.82, 2.24) is 20.1 Å². The van der Waals surface area contributed by atoms with Gasteiger partial charge in [-0.05, 0) is 48.8 Å². The third kappa shape index (κ3) is 7.80. The number of nitrogens with one attached hydrogen (secondary N) is 1. The Morgan fingerprint density at radius 3 is 2.29 bits per heavy atom. The van der Waals surface area contributed by atoms with Crippen LogP contribution in [0.4, 0.5) is 4.79 Å². The van der Waals surface area contributed by atoms with E-state index in [0.29, 0.717) is 18.0 Å². The van der Waals surface area contributed by atoms with Gasteiger partial charge in [-0.15, -0.1) is 0 Å². The van der Waals surface area contributed by atoms with Crippen LogP contribution in [-0.4, -0.2) is 53.3 Å². The smallest absolute Gasteiger partial charge is 0.320 e. The van der Waals surface area contributed by atoms with Crippen LogP contribution in [-0.2, 0) is 16.1 Å². The number of rotatable bonds is 8. The third-order valence-electron chi connectivity index (χ3n) is 6.56. The molecule has 35 heavy (non-hydrogen) atoms. The fourth-order valence-electron chi connectivity index (χ4n) is 4.48. The first-order valence-corrected chi connectivity index (χ1v) is 12.4. The van der Waals surface area contributed by atoms with Crippen molar-refractivity contribution in [3.63, 3.8) is 0 Å². The van der Waals surface area contributed by atoms with Gasteiger partial charge < -0.3 is 20.9 Å². The van der Waals surface area contributed by atoms with Gasteiger partial charge in [0.15, 0.2) is 0 Å². The number of urea groups is 1. The predicted molar refractivity (Wildman–Crippen MR) is 135 cm³/mol. The van der Waals surface area contributed by atoms with Gasteiger partial charge >= 0.3 is 6.03 Å². The molecule has 1 aromatic carbocycles. The second-order valence-electron chi connectivity index (χ2n) is 9.52. The van der Waals surface area contributed by atoms with E-state index in [0.717, 1.165) is 25.3 Å². The minimum Gasteiger partial charge on any atom is -0.368 e. The second kappa shape index (κ2) is 12.9. The lowest BCUT2D eigenvalue weighted by Crippen LogP contribution is -2.40. The molecule has 4 rings (SSSR count). The van der Waals surface area contributed by atoms with Crippen molar-refractivity contribution < 1.29 is 14.4 Å². The first-order valence-electron chi connectivity index (χ1n) is 12.4. The Kier molecular flexibility index (Phi) is 9.64. The lowest BCUT2D eigenvalue weighted by Gasteiger charge is -2.26. The second-order valence-corrected chi connectivity index (χ2v) is 9.52. The van der Waals surface area contributed by atoms with E-state index in [1.54, 1.807) is 23.2 Å². The van der Waals surface area contributed by atoms with Crippen molar-refractivity contribution in [3.05, 3.63) is 65.5 Å². The molecular weight excluding hydrogens is 442 g/mol. The Morgan fingerprint density at radius 1 is 1.09 bits per heavy atom. The molecular formula is C27H37N5O3. The number of benzene rings is 1. The molecule has 0 radical (unpaired) electrons. The van der Waals surface area contributed by atoms with Crippen LogP contribution in [0, 0.1) is 0 Å². The first kappa shape index (κ1) is 26.2. The van der Waals surface area contributed by atoms with Gasteiger partial charge in [0.2, 0.25) is 12.3 Å². The number of primary amides is 1. The van der Waals surface area contributed by atoms with Gasteiger partial charge in [-0.3, -0.25) is 14.6 Å². The summed E-state index contributed by atoms with van der Waals surface area (Å²) < 4.78 is 0. The number of carbonyl (C=O) groups excluding carboxylic acids is 3. The maximum Gasteiger partial charge on any atom is 0.320 e. The summed E-state index contributed by atoms with van der Waals surface area (Å²) in [6.45, 7) is 0.743. The molecule has 0 spiro atoms. The molecule has 2 fully saturated rings. The summed E-state index contributed by atoms with van der Waals surface area (Å²) >= 11 is 0. The SMILES string of the molecule is CN(C)C(=O)N(Cc1ccc(C2CCCCC2)cc1)C1CC1.NC(=O)C(NC=O)c1cccnc1. The molecule has 2 aromatic rings. The zero-order chi connectivity index (χ0) is 25.2.